The molecule has 0 fully saturated rings. The molecular formula is C22H27ClN2O2S. The fourth-order valence-corrected chi connectivity index (χ4v) is 4.21. The van der Waals surface area contributed by atoms with Crippen LogP contribution in [-0.4, -0.2) is 42.1 Å². The molecule has 1 atom stereocenters. The van der Waals surface area contributed by atoms with E-state index in [1.807, 2.05) is 61.5 Å². The predicted molar refractivity (Wildman–Crippen MR) is 118 cm³/mol. The van der Waals surface area contributed by atoms with E-state index in [1.165, 1.54) is 11.8 Å². The highest BCUT2D eigenvalue weighted by atomic mass is 35.5. The molecule has 2 aromatic carbocycles. The molecule has 6 heteroatoms. The lowest BCUT2D eigenvalue weighted by molar-refractivity contribution is -0.138. The van der Waals surface area contributed by atoms with Crippen LogP contribution >= 0.6 is 23.4 Å². The average molecular weight is 419 g/mol. The van der Waals surface area contributed by atoms with Gasteiger partial charge in [0.05, 0.1) is 5.75 Å². The quantitative estimate of drug-likeness (QED) is 0.630. The highest BCUT2D eigenvalue weighted by molar-refractivity contribution is 7.99. The second-order valence-corrected chi connectivity index (χ2v) is 7.84. The van der Waals surface area contributed by atoms with Gasteiger partial charge in [-0.1, -0.05) is 67.1 Å². The number of likely N-dealkylation sites (N-methyl/N-ethyl adjacent to an activating group) is 1. The average Bonchev–Trinajstić information content (AvgIpc) is 2.72. The molecule has 1 N–H and O–H groups in total. The Morgan fingerprint density at radius 2 is 1.79 bits per heavy atom. The molecule has 0 heterocycles. The maximum atomic E-state index is 13.0. The summed E-state index contributed by atoms with van der Waals surface area (Å²) in [5, 5.41) is 3.39. The number of benzene rings is 2. The Hall–Kier alpha value is -1.98. The number of rotatable bonds is 10. The largest absolute Gasteiger partial charge is 0.357 e. The summed E-state index contributed by atoms with van der Waals surface area (Å²) in [7, 11) is 1.61. The van der Waals surface area contributed by atoms with Gasteiger partial charge in [0.1, 0.15) is 6.04 Å². The Balaban J connectivity index is 2.02. The van der Waals surface area contributed by atoms with Gasteiger partial charge in [-0.05, 0) is 30.0 Å². The highest BCUT2D eigenvalue weighted by Crippen LogP contribution is 2.21. The van der Waals surface area contributed by atoms with E-state index in [2.05, 4.69) is 5.32 Å². The SMILES string of the molecule is CCC(C(=O)NC)N(CCc1ccccc1)C(=O)CSCc1ccccc1Cl. The van der Waals surface area contributed by atoms with Gasteiger partial charge in [0.15, 0.2) is 0 Å². The first kappa shape index (κ1) is 22.3. The maximum absolute atomic E-state index is 13.0. The third-order valence-corrected chi connectivity index (χ3v) is 5.89. The minimum atomic E-state index is -0.456. The summed E-state index contributed by atoms with van der Waals surface area (Å²) in [6, 6.07) is 17.2. The molecule has 0 bridgehead atoms. The first-order valence-corrected chi connectivity index (χ1v) is 11.0. The Kier molecular flexibility index (Phi) is 9.38. The molecule has 1 unspecified atom stereocenters. The van der Waals surface area contributed by atoms with E-state index in [0.717, 1.165) is 17.5 Å². The number of carbonyl (C=O) groups is 2. The van der Waals surface area contributed by atoms with E-state index in [4.69, 9.17) is 11.6 Å². The molecule has 2 aromatic rings. The van der Waals surface area contributed by atoms with E-state index in [1.54, 1.807) is 11.9 Å². The van der Waals surface area contributed by atoms with Crippen LogP contribution in [-0.2, 0) is 21.8 Å². The van der Waals surface area contributed by atoms with Gasteiger partial charge in [-0.25, -0.2) is 0 Å². The first-order chi connectivity index (χ1) is 13.6. The van der Waals surface area contributed by atoms with Gasteiger partial charge in [0.25, 0.3) is 0 Å². The normalized spacial score (nSPS) is 11.7. The molecule has 0 spiro atoms. The molecular weight excluding hydrogens is 392 g/mol. The fraction of sp³-hybridized carbons (Fsp3) is 0.364. The monoisotopic (exact) mass is 418 g/mol. The summed E-state index contributed by atoms with van der Waals surface area (Å²) >= 11 is 7.71. The van der Waals surface area contributed by atoms with Crippen molar-refractivity contribution in [3.05, 3.63) is 70.7 Å². The molecule has 0 aliphatic carbocycles. The predicted octanol–water partition coefficient (Wildman–Crippen LogP) is 4.17. The van der Waals surface area contributed by atoms with E-state index < -0.39 is 6.04 Å². The number of hydrogen-bond donors (Lipinski definition) is 1. The Labute approximate surface area is 176 Å². The highest BCUT2D eigenvalue weighted by Gasteiger charge is 2.27. The number of nitrogens with one attached hydrogen (secondary N) is 1. The summed E-state index contributed by atoms with van der Waals surface area (Å²) in [6.07, 6.45) is 1.30. The molecule has 0 aromatic heterocycles. The molecule has 0 aliphatic rings. The summed E-state index contributed by atoms with van der Waals surface area (Å²) in [6.45, 7) is 2.45. The van der Waals surface area contributed by atoms with Crippen molar-refractivity contribution >= 4 is 35.2 Å². The van der Waals surface area contributed by atoms with Crippen LogP contribution in [0.15, 0.2) is 54.6 Å². The molecule has 2 rings (SSSR count). The van der Waals surface area contributed by atoms with Crippen LogP contribution in [0.3, 0.4) is 0 Å². The smallest absolute Gasteiger partial charge is 0.242 e. The van der Waals surface area contributed by atoms with Crippen molar-refractivity contribution in [2.24, 2.45) is 0 Å². The van der Waals surface area contributed by atoms with Crippen LogP contribution in [0.5, 0.6) is 0 Å². The topological polar surface area (TPSA) is 49.4 Å². The molecule has 2 amide bonds. The van der Waals surface area contributed by atoms with Crippen LogP contribution in [0, 0.1) is 0 Å². The molecule has 0 radical (unpaired) electrons. The number of thioether (sulfide) groups is 1. The van der Waals surface area contributed by atoms with Gasteiger partial charge in [0, 0.05) is 24.4 Å². The van der Waals surface area contributed by atoms with Crippen molar-refractivity contribution in [2.45, 2.75) is 31.6 Å². The van der Waals surface area contributed by atoms with Crippen molar-refractivity contribution in [1.29, 1.82) is 0 Å². The van der Waals surface area contributed by atoms with Gasteiger partial charge in [-0.3, -0.25) is 9.59 Å². The summed E-state index contributed by atoms with van der Waals surface area (Å²) in [5.74, 6) is 0.825. The Bertz CT molecular complexity index is 770. The molecule has 0 aliphatic heterocycles. The van der Waals surface area contributed by atoms with Gasteiger partial charge >= 0.3 is 0 Å². The van der Waals surface area contributed by atoms with Crippen molar-refractivity contribution in [3.8, 4) is 0 Å². The lowest BCUT2D eigenvalue weighted by Crippen LogP contribution is -2.50. The van der Waals surface area contributed by atoms with Gasteiger partial charge in [0.2, 0.25) is 11.8 Å². The van der Waals surface area contributed by atoms with Gasteiger partial charge < -0.3 is 10.2 Å². The number of nitrogens with zero attached hydrogens (tertiary/aromatic N) is 1. The summed E-state index contributed by atoms with van der Waals surface area (Å²) in [5.41, 5.74) is 2.16. The van der Waals surface area contributed by atoms with Crippen molar-refractivity contribution < 1.29 is 9.59 Å². The summed E-state index contributed by atoms with van der Waals surface area (Å²) in [4.78, 5) is 27.0. The number of halogens is 1. The van der Waals surface area contributed by atoms with E-state index in [-0.39, 0.29) is 11.8 Å². The molecule has 4 nitrogen and oxygen atoms in total. The van der Waals surface area contributed by atoms with Crippen molar-refractivity contribution in [1.82, 2.24) is 10.2 Å². The third kappa shape index (κ3) is 6.57. The van der Waals surface area contributed by atoms with Crippen molar-refractivity contribution in [3.63, 3.8) is 0 Å². The van der Waals surface area contributed by atoms with Crippen molar-refractivity contribution in [2.75, 3.05) is 19.3 Å². The molecule has 0 saturated heterocycles. The van der Waals surface area contributed by atoms with Crippen LogP contribution in [0.25, 0.3) is 0 Å². The second kappa shape index (κ2) is 11.8. The van der Waals surface area contributed by atoms with Crippen LogP contribution in [0.2, 0.25) is 5.02 Å². The Morgan fingerprint density at radius 3 is 2.43 bits per heavy atom. The van der Waals surface area contributed by atoms with E-state index in [9.17, 15) is 9.59 Å². The van der Waals surface area contributed by atoms with E-state index >= 15 is 0 Å². The zero-order valence-corrected chi connectivity index (χ0v) is 17.9. The lowest BCUT2D eigenvalue weighted by Gasteiger charge is -2.30. The van der Waals surface area contributed by atoms with E-state index in [0.29, 0.717) is 29.5 Å². The molecule has 150 valence electrons. The van der Waals surface area contributed by atoms with Crippen LogP contribution < -0.4 is 5.32 Å². The Morgan fingerprint density at radius 1 is 1.11 bits per heavy atom. The standard InChI is InChI=1S/C22H27ClN2O2S/c1-3-20(22(27)24-2)25(14-13-17-9-5-4-6-10-17)21(26)16-28-15-18-11-7-8-12-19(18)23/h4-12,20H,3,13-16H2,1-2H3,(H,24,27). The number of carbonyl (C=O) groups excluding carboxylic acids is 2. The minimum absolute atomic E-state index is 0.0246. The number of hydrogen-bond acceptors (Lipinski definition) is 3. The maximum Gasteiger partial charge on any atom is 0.242 e. The third-order valence-electron chi connectivity index (χ3n) is 4.56. The van der Waals surface area contributed by atoms with Gasteiger partial charge in [-0.2, -0.15) is 0 Å². The minimum Gasteiger partial charge on any atom is -0.357 e. The molecule has 0 saturated carbocycles. The molecule has 28 heavy (non-hydrogen) atoms. The zero-order chi connectivity index (χ0) is 20.4. The summed E-state index contributed by atoms with van der Waals surface area (Å²) < 4.78 is 0. The fourth-order valence-electron chi connectivity index (χ4n) is 3.01. The van der Waals surface area contributed by atoms with Crippen LogP contribution in [0.4, 0.5) is 0 Å². The lowest BCUT2D eigenvalue weighted by atomic mass is 10.1. The zero-order valence-electron chi connectivity index (χ0n) is 16.4. The number of amides is 2. The second-order valence-electron chi connectivity index (χ2n) is 6.45. The van der Waals surface area contributed by atoms with Gasteiger partial charge in [-0.15, -0.1) is 11.8 Å². The first-order valence-electron chi connectivity index (χ1n) is 9.43. The van der Waals surface area contributed by atoms with Crippen LogP contribution in [0.1, 0.15) is 24.5 Å².